The normalized spacial score (nSPS) is 25.9. The third-order valence-corrected chi connectivity index (χ3v) is 13.3. The van der Waals surface area contributed by atoms with E-state index in [2.05, 4.69) is 15.7 Å². The molecule has 3 aromatic carbocycles. The van der Waals surface area contributed by atoms with Crippen LogP contribution in [0.25, 0.3) is 0 Å². The van der Waals surface area contributed by atoms with Gasteiger partial charge in [-0.25, -0.2) is 9.06 Å². The highest BCUT2D eigenvalue weighted by Gasteiger charge is 2.82. The summed E-state index contributed by atoms with van der Waals surface area (Å²) in [5, 5.41) is 9.41. The van der Waals surface area contributed by atoms with Crippen LogP contribution in [-0.2, 0) is 24.1 Å². The van der Waals surface area contributed by atoms with E-state index in [9.17, 15) is 10.1 Å². The summed E-state index contributed by atoms with van der Waals surface area (Å²) in [4.78, 5) is 16.1. The molecule has 1 aliphatic heterocycles. The molecule has 1 aromatic heterocycles. The number of ether oxygens (including phenoxy) is 4. The van der Waals surface area contributed by atoms with Crippen LogP contribution in [0.1, 0.15) is 69.9 Å². The maximum absolute atomic E-state index is 17.9. The fourth-order valence-corrected chi connectivity index (χ4v) is 10.5. The van der Waals surface area contributed by atoms with Crippen molar-refractivity contribution in [1.82, 2.24) is 14.2 Å². The van der Waals surface area contributed by atoms with Gasteiger partial charge in [0.1, 0.15) is 34.4 Å². The molecule has 1 unspecified atom stereocenters. The average molecular weight is 786 g/mol. The van der Waals surface area contributed by atoms with Crippen LogP contribution in [0, 0.1) is 17.2 Å². The van der Waals surface area contributed by atoms with Gasteiger partial charge < -0.3 is 33.7 Å². The van der Waals surface area contributed by atoms with E-state index in [0.29, 0.717) is 17.9 Å². The minimum absolute atomic E-state index is 0.0370. The molecule has 3 fully saturated rings. The van der Waals surface area contributed by atoms with Gasteiger partial charge in [-0.05, 0) is 87.4 Å². The molecule has 7 rings (SSSR count). The molecule has 2 N–H and O–H groups in total. The van der Waals surface area contributed by atoms with E-state index >= 15 is 4.39 Å². The molecule has 12 nitrogen and oxygen atoms in total. The van der Waals surface area contributed by atoms with Crippen molar-refractivity contribution in [1.29, 1.82) is 5.26 Å². The molecule has 7 atom stereocenters. The van der Waals surface area contributed by atoms with E-state index in [4.69, 9.17) is 33.7 Å². The first-order chi connectivity index (χ1) is 26.9. The number of aromatic nitrogens is 2. The molecule has 2 aliphatic carbocycles. The number of hydrogen-bond donors (Lipinski definition) is 1. The third-order valence-electron chi connectivity index (χ3n) is 11.1. The maximum atomic E-state index is 17.9. The largest absolute Gasteiger partial charge is 0.497 e. The van der Waals surface area contributed by atoms with E-state index in [-0.39, 0.29) is 43.4 Å². The van der Waals surface area contributed by atoms with Crippen molar-refractivity contribution >= 4 is 14.5 Å². The van der Waals surface area contributed by atoms with E-state index in [1.807, 2.05) is 107 Å². The van der Waals surface area contributed by atoms with Crippen LogP contribution in [0.5, 0.6) is 11.5 Å². The summed E-state index contributed by atoms with van der Waals surface area (Å²) in [6, 6.07) is 28.7. The Morgan fingerprint density at radius 2 is 1.52 bits per heavy atom. The number of nitrogen functional groups attached to an aromatic ring is 1. The summed E-state index contributed by atoms with van der Waals surface area (Å²) in [5.74, 6) is 1.01. The highest BCUT2D eigenvalue weighted by atomic mass is 31.2. The van der Waals surface area contributed by atoms with Gasteiger partial charge in [0, 0.05) is 24.3 Å². The molecule has 0 bridgehead atoms. The molecule has 0 radical (unpaired) electrons. The van der Waals surface area contributed by atoms with Crippen LogP contribution in [0.2, 0.25) is 0 Å². The maximum Gasteiger partial charge on any atom is 0.274 e. The molecular formula is C42H49FN5O7P. The summed E-state index contributed by atoms with van der Waals surface area (Å²) < 4.78 is 60.6. The molecule has 14 heteroatoms. The van der Waals surface area contributed by atoms with Crippen molar-refractivity contribution in [2.45, 2.75) is 94.3 Å². The Morgan fingerprint density at radius 3 is 2.05 bits per heavy atom. The number of rotatable bonds is 16. The quantitative estimate of drug-likeness (QED) is 0.0696. The number of methoxy groups -OCH3 is 2. The first kappa shape index (κ1) is 39.8. The SMILES string of the molecule is COc1ccc(C(O[C@]23C[C@H]2C[C@@]2(OP(OCCC#N)N(C(C)C)C(C)C)[C@@H]3O[C@@H](n3ccc(=O)nc3N)[C@H]2F)(c2ccccc2)c2ccc(OC)cc2)cc1. The van der Waals surface area contributed by atoms with Crippen LogP contribution in [-0.4, -0.2) is 70.6 Å². The Hall–Kier alpha value is -4.41. The summed E-state index contributed by atoms with van der Waals surface area (Å²) >= 11 is 0. The van der Waals surface area contributed by atoms with Gasteiger partial charge in [0.2, 0.25) is 5.95 Å². The first-order valence-electron chi connectivity index (χ1n) is 18.9. The highest BCUT2D eigenvalue weighted by Crippen LogP contribution is 2.73. The number of hydrogen-bond acceptors (Lipinski definition) is 11. The zero-order valence-electron chi connectivity index (χ0n) is 32.5. The van der Waals surface area contributed by atoms with E-state index < -0.39 is 49.4 Å². The van der Waals surface area contributed by atoms with Crippen molar-refractivity contribution in [3.05, 3.63) is 118 Å². The fraction of sp³-hybridized carbons (Fsp3) is 0.452. The average Bonchev–Trinajstić information content (AvgIpc) is 3.70. The summed E-state index contributed by atoms with van der Waals surface area (Å²) in [6.45, 7) is 8.23. The fourth-order valence-electron chi connectivity index (χ4n) is 8.61. The van der Waals surface area contributed by atoms with E-state index in [0.717, 1.165) is 16.7 Å². The molecule has 2 saturated carbocycles. The number of alkyl halides is 1. The summed E-state index contributed by atoms with van der Waals surface area (Å²) in [7, 11) is 1.32. The molecule has 1 saturated heterocycles. The number of halogens is 1. The number of anilines is 1. The molecule has 3 aliphatic rings. The van der Waals surface area contributed by atoms with Crippen molar-refractivity contribution in [2.24, 2.45) is 5.92 Å². The number of nitrogens with zero attached hydrogens (tertiary/aromatic N) is 4. The lowest BCUT2D eigenvalue weighted by atomic mass is 9.79. The molecule has 296 valence electrons. The van der Waals surface area contributed by atoms with Crippen LogP contribution in [0.3, 0.4) is 0 Å². The molecular weight excluding hydrogens is 736 g/mol. The second kappa shape index (κ2) is 15.9. The molecule has 2 heterocycles. The second-order valence-corrected chi connectivity index (χ2v) is 16.5. The molecule has 56 heavy (non-hydrogen) atoms. The predicted molar refractivity (Wildman–Crippen MR) is 210 cm³/mol. The second-order valence-electron chi connectivity index (χ2n) is 15.1. The summed E-state index contributed by atoms with van der Waals surface area (Å²) in [5.41, 5.74) is 4.34. The van der Waals surface area contributed by atoms with Gasteiger partial charge in [0.15, 0.2) is 12.4 Å². The van der Waals surface area contributed by atoms with Crippen molar-refractivity contribution in [2.75, 3.05) is 26.6 Å². The Morgan fingerprint density at radius 1 is 0.946 bits per heavy atom. The lowest BCUT2D eigenvalue weighted by molar-refractivity contribution is -0.161. The highest BCUT2D eigenvalue weighted by molar-refractivity contribution is 7.44. The van der Waals surface area contributed by atoms with Crippen molar-refractivity contribution in [3.8, 4) is 17.6 Å². The van der Waals surface area contributed by atoms with Gasteiger partial charge in [0.25, 0.3) is 14.1 Å². The van der Waals surface area contributed by atoms with E-state index in [1.54, 1.807) is 14.2 Å². The van der Waals surface area contributed by atoms with Gasteiger partial charge >= 0.3 is 0 Å². The smallest absolute Gasteiger partial charge is 0.274 e. The van der Waals surface area contributed by atoms with Gasteiger partial charge in [-0.15, -0.1) is 0 Å². The molecule has 4 aromatic rings. The van der Waals surface area contributed by atoms with Gasteiger partial charge in [0.05, 0.1) is 33.3 Å². The number of benzene rings is 3. The van der Waals surface area contributed by atoms with Crippen LogP contribution < -0.4 is 20.8 Å². The Kier molecular flexibility index (Phi) is 11.3. The Bertz CT molecular complexity index is 2030. The van der Waals surface area contributed by atoms with Crippen molar-refractivity contribution < 1.29 is 32.4 Å². The predicted octanol–water partition coefficient (Wildman–Crippen LogP) is 7.28. The summed E-state index contributed by atoms with van der Waals surface area (Å²) in [6.07, 6.45) is -1.70. The zero-order chi connectivity index (χ0) is 39.8. The van der Waals surface area contributed by atoms with Gasteiger partial charge in [-0.1, -0.05) is 54.6 Å². The number of fused-ring (bicyclic) bond motifs is 3. The monoisotopic (exact) mass is 785 g/mol. The topological polar surface area (TPSA) is 143 Å². The van der Waals surface area contributed by atoms with Gasteiger partial charge in [-0.2, -0.15) is 10.2 Å². The van der Waals surface area contributed by atoms with E-state index in [1.165, 1.54) is 16.8 Å². The third kappa shape index (κ3) is 6.87. The number of nitriles is 1. The van der Waals surface area contributed by atoms with Crippen LogP contribution in [0.15, 0.2) is 95.9 Å². The Balaban J connectivity index is 1.41. The molecule has 0 spiro atoms. The van der Waals surface area contributed by atoms with Crippen LogP contribution >= 0.6 is 8.53 Å². The van der Waals surface area contributed by atoms with Crippen molar-refractivity contribution in [3.63, 3.8) is 0 Å². The lowest BCUT2D eigenvalue weighted by Crippen LogP contribution is -2.52. The lowest BCUT2D eigenvalue weighted by Gasteiger charge is -2.44. The molecule has 0 amide bonds. The zero-order valence-corrected chi connectivity index (χ0v) is 33.4. The minimum Gasteiger partial charge on any atom is -0.497 e. The van der Waals surface area contributed by atoms with Gasteiger partial charge in [-0.3, -0.25) is 9.36 Å². The first-order valence-corrected chi connectivity index (χ1v) is 20.0. The Labute approximate surface area is 328 Å². The number of nitrogens with two attached hydrogens (primary N) is 1. The standard InChI is InChI=1S/C42H49FN5O7P/c1-27(2)48(28(3)4)56(52-24-10-22-44)55-41-26-32-25-40(32,38(41)53-37(36(41)43)47-23-21-35(49)46-39(47)45)54-42(29-11-8-7-9-12-29,30-13-17-33(50-5)18-14-30)31-15-19-34(51-6)20-16-31/h7-9,11-21,23,27-28,32,36-38H,10,24-26H2,1-6H3,(H2,45,46,49)/t32-,36+,37+,38+,40+,41-,56?/m0/s1. The minimum atomic E-state index is -1.92. The van der Waals surface area contributed by atoms with Crippen LogP contribution in [0.4, 0.5) is 10.3 Å².